The normalized spacial score (nSPS) is 30.8. The van der Waals surface area contributed by atoms with Crippen LogP contribution in [0.15, 0.2) is 34.4 Å². The van der Waals surface area contributed by atoms with Crippen LogP contribution in [0.3, 0.4) is 0 Å². The minimum Gasteiger partial charge on any atom is -0.458 e. The summed E-state index contributed by atoms with van der Waals surface area (Å²) in [7, 11) is 0. The van der Waals surface area contributed by atoms with Gasteiger partial charge in [0.2, 0.25) is 0 Å². The van der Waals surface area contributed by atoms with E-state index in [1.807, 2.05) is 6.08 Å². The van der Waals surface area contributed by atoms with Crippen molar-refractivity contribution in [1.82, 2.24) is 0 Å². The van der Waals surface area contributed by atoms with Gasteiger partial charge in [-0.2, -0.15) is 0 Å². The van der Waals surface area contributed by atoms with Crippen molar-refractivity contribution in [1.29, 1.82) is 0 Å². The average Bonchev–Trinajstić information content (AvgIpc) is 2.77. The summed E-state index contributed by atoms with van der Waals surface area (Å²) in [4.78, 5) is 23.2. The van der Waals surface area contributed by atoms with Gasteiger partial charge in [0.1, 0.15) is 12.2 Å². The SMILES string of the molecule is CC(=O)O[C@@H]1C[C@H](O)/C(C)=C\CC2=C(CO)C(=O)O[C@@H]2C=C1C. The lowest BCUT2D eigenvalue weighted by Gasteiger charge is -2.24. The number of esters is 2. The van der Waals surface area contributed by atoms with Crippen LogP contribution in [0.1, 0.15) is 33.6 Å². The van der Waals surface area contributed by atoms with Crippen LogP contribution < -0.4 is 0 Å². The van der Waals surface area contributed by atoms with Crippen molar-refractivity contribution in [3.05, 3.63) is 34.4 Å². The molecule has 0 unspecified atom stereocenters. The van der Waals surface area contributed by atoms with Gasteiger partial charge in [-0.05, 0) is 43.1 Å². The Kier molecular flexibility index (Phi) is 5.38. The Hall–Kier alpha value is -1.92. The van der Waals surface area contributed by atoms with Gasteiger partial charge in [0, 0.05) is 13.3 Å². The quantitative estimate of drug-likeness (QED) is 0.586. The van der Waals surface area contributed by atoms with Gasteiger partial charge in [-0.15, -0.1) is 0 Å². The molecule has 0 spiro atoms. The molecule has 3 atom stereocenters. The van der Waals surface area contributed by atoms with Crippen LogP contribution in [-0.4, -0.2) is 47.1 Å². The fourth-order valence-corrected chi connectivity index (χ4v) is 2.77. The second kappa shape index (κ2) is 7.10. The van der Waals surface area contributed by atoms with Crippen LogP contribution in [0.2, 0.25) is 0 Å². The van der Waals surface area contributed by atoms with Crippen molar-refractivity contribution in [3.8, 4) is 0 Å². The third-order valence-electron chi connectivity index (χ3n) is 4.21. The Balaban J connectivity index is 2.44. The first-order valence-corrected chi connectivity index (χ1v) is 7.57. The van der Waals surface area contributed by atoms with E-state index in [1.165, 1.54) is 6.92 Å². The summed E-state index contributed by atoms with van der Waals surface area (Å²) in [6, 6.07) is 0. The Morgan fingerprint density at radius 3 is 2.70 bits per heavy atom. The highest BCUT2D eigenvalue weighted by Gasteiger charge is 2.33. The fraction of sp³-hybridized carbons (Fsp3) is 0.529. The van der Waals surface area contributed by atoms with Crippen molar-refractivity contribution in [2.75, 3.05) is 6.61 Å². The van der Waals surface area contributed by atoms with E-state index < -0.39 is 30.3 Å². The van der Waals surface area contributed by atoms with Gasteiger partial charge in [0.15, 0.2) is 0 Å². The molecular formula is C17H22O6. The molecule has 2 aliphatic rings. The number of aliphatic hydroxyl groups excluding tert-OH is 2. The van der Waals surface area contributed by atoms with Crippen LogP contribution in [0.25, 0.3) is 0 Å². The molecule has 0 fully saturated rings. The molecule has 1 aliphatic carbocycles. The van der Waals surface area contributed by atoms with Crippen LogP contribution in [0.4, 0.5) is 0 Å². The van der Waals surface area contributed by atoms with Crippen molar-refractivity contribution < 1.29 is 29.3 Å². The van der Waals surface area contributed by atoms with E-state index in [2.05, 4.69) is 0 Å². The molecule has 0 aromatic rings. The number of rotatable bonds is 2. The van der Waals surface area contributed by atoms with E-state index in [0.29, 0.717) is 17.6 Å². The molecule has 1 heterocycles. The highest BCUT2D eigenvalue weighted by molar-refractivity contribution is 5.93. The number of hydrogen-bond donors (Lipinski definition) is 2. The summed E-state index contributed by atoms with van der Waals surface area (Å²) in [5, 5.41) is 19.7. The zero-order valence-corrected chi connectivity index (χ0v) is 13.5. The lowest BCUT2D eigenvalue weighted by Crippen LogP contribution is -2.26. The summed E-state index contributed by atoms with van der Waals surface area (Å²) in [5.74, 6) is -0.977. The van der Waals surface area contributed by atoms with Crippen molar-refractivity contribution in [3.63, 3.8) is 0 Å². The predicted octanol–water partition coefficient (Wildman–Crippen LogP) is 1.18. The number of aliphatic hydroxyl groups is 2. The zero-order chi connectivity index (χ0) is 17.1. The van der Waals surface area contributed by atoms with E-state index in [9.17, 15) is 19.8 Å². The Labute approximate surface area is 135 Å². The third-order valence-corrected chi connectivity index (χ3v) is 4.21. The monoisotopic (exact) mass is 322 g/mol. The molecule has 0 radical (unpaired) electrons. The molecule has 23 heavy (non-hydrogen) atoms. The van der Waals surface area contributed by atoms with Crippen LogP contribution in [-0.2, 0) is 19.1 Å². The van der Waals surface area contributed by atoms with E-state index in [0.717, 1.165) is 5.57 Å². The molecule has 0 saturated heterocycles. The van der Waals surface area contributed by atoms with E-state index in [4.69, 9.17) is 9.47 Å². The maximum atomic E-state index is 11.9. The molecule has 126 valence electrons. The molecule has 0 aromatic carbocycles. The van der Waals surface area contributed by atoms with Crippen LogP contribution >= 0.6 is 0 Å². The summed E-state index contributed by atoms with van der Waals surface area (Å²) in [6.07, 6.45) is 2.25. The Bertz CT molecular complexity index is 598. The molecule has 2 rings (SSSR count). The van der Waals surface area contributed by atoms with E-state index in [-0.39, 0.29) is 18.6 Å². The molecule has 2 N–H and O–H groups in total. The molecule has 0 aromatic heterocycles. The van der Waals surface area contributed by atoms with Gasteiger partial charge in [-0.3, -0.25) is 4.79 Å². The summed E-state index contributed by atoms with van der Waals surface area (Å²) >= 11 is 0. The summed E-state index contributed by atoms with van der Waals surface area (Å²) < 4.78 is 10.6. The highest BCUT2D eigenvalue weighted by atomic mass is 16.6. The Morgan fingerprint density at radius 2 is 2.09 bits per heavy atom. The minimum absolute atomic E-state index is 0.247. The highest BCUT2D eigenvalue weighted by Crippen LogP contribution is 2.31. The van der Waals surface area contributed by atoms with E-state index >= 15 is 0 Å². The number of carbonyl (C=O) groups excluding carboxylic acids is 2. The van der Waals surface area contributed by atoms with Gasteiger partial charge < -0.3 is 19.7 Å². The predicted molar refractivity (Wildman–Crippen MR) is 82.3 cm³/mol. The molecule has 0 amide bonds. The fourth-order valence-electron chi connectivity index (χ4n) is 2.77. The molecule has 6 nitrogen and oxygen atoms in total. The standard InChI is InChI=1S/C17H22O6/c1-9-4-5-12-13(8-18)17(21)23-16(12)6-10(2)15(7-14(9)20)22-11(3)19/h4,6,14-16,18,20H,5,7-8H2,1-3H3/b9-4-,10-6?/t14-,15+,16+/m0/s1. The van der Waals surface area contributed by atoms with Crippen molar-refractivity contribution in [2.24, 2.45) is 0 Å². The lowest BCUT2D eigenvalue weighted by atomic mass is 9.92. The molecule has 0 bridgehead atoms. The largest absolute Gasteiger partial charge is 0.458 e. The van der Waals surface area contributed by atoms with E-state index in [1.54, 1.807) is 19.9 Å². The zero-order valence-electron chi connectivity index (χ0n) is 13.5. The lowest BCUT2D eigenvalue weighted by molar-refractivity contribution is -0.146. The topological polar surface area (TPSA) is 93.1 Å². The van der Waals surface area contributed by atoms with Crippen LogP contribution in [0, 0.1) is 0 Å². The van der Waals surface area contributed by atoms with Gasteiger partial charge >= 0.3 is 11.9 Å². The first-order chi connectivity index (χ1) is 10.8. The van der Waals surface area contributed by atoms with Gasteiger partial charge in [0.05, 0.1) is 18.3 Å². The number of fused-ring (bicyclic) bond motifs is 1. The number of allylic oxidation sites excluding steroid dienone is 1. The molecule has 6 heteroatoms. The van der Waals surface area contributed by atoms with Gasteiger partial charge in [-0.1, -0.05) is 6.08 Å². The Morgan fingerprint density at radius 1 is 1.39 bits per heavy atom. The maximum Gasteiger partial charge on any atom is 0.337 e. The van der Waals surface area contributed by atoms with Gasteiger partial charge in [0.25, 0.3) is 0 Å². The maximum absolute atomic E-state index is 11.9. The number of carbonyl (C=O) groups is 2. The molecular weight excluding hydrogens is 300 g/mol. The minimum atomic E-state index is -0.754. The summed E-state index contributed by atoms with van der Waals surface area (Å²) in [6.45, 7) is 4.47. The number of ether oxygens (including phenoxy) is 2. The van der Waals surface area contributed by atoms with Crippen LogP contribution in [0.5, 0.6) is 0 Å². The molecule has 1 aliphatic heterocycles. The third kappa shape index (κ3) is 3.89. The van der Waals surface area contributed by atoms with Crippen molar-refractivity contribution >= 4 is 11.9 Å². The average molecular weight is 322 g/mol. The first-order valence-electron chi connectivity index (χ1n) is 7.57. The smallest absolute Gasteiger partial charge is 0.337 e. The molecule has 0 saturated carbocycles. The van der Waals surface area contributed by atoms with Crippen molar-refractivity contribution in [2.45, 2.75) is 51.9 Å². The second-order valence-electron chi connectivity index (χ2n) is 5.90. The van der Waals surface area contributed by atoms with Gasteiger partial charge in [-0.25, -0.2) is 4.79 Å². The second-order valence-corrected chi connectivity index (χ2v) is 5.90. The number of hydrogen-bond acceptors (Lipinski definition) is 6. The summed E-state index contributed by atoms with van der Waals surface area (Å²) in [5.41, 5.74) is 2.34. The first kappa shape index (κ1) is 17.4.